The summed E-state index contributed by atoms with van der Waals surface area (Å²) in [5, 5.41) is 3.65. The standard InChI is InChI=1S/C22H21N3O3/c1-15-14-20(25(16(2)26)17-8-4-3-5-9-17)18-10-6-7-11-19(18)24(15)22(27)21-12-13-23-28-21/h3-13,15,20H,14H2,1-2H3/t15-,20?/m1/s1. The van der Waals surface area contributed by atoms with E-state index in [9.17, 15) is 9.59 Å². The molecule has 28 heavy (non-hydrogen) atoms. The highest BCUT2D eigenvalue weighted by molar-refractivity contribution is 6.05. The number of hydrogen-bond acceptors (Lipinski definition) is 4. The number of carbonyl (C=O) groups excluding carboxylic acids is 2. The smallest absolute Gasteiger partial charge is 0.297 e. The van der Waals surface area contributed by atoms with Gasteiger partial charge in [-0.05, 0) is 37.1 Å². The Balaban J connectivity index is 1.79. The van der Waals surface area contributed by atoms with Crippen molar-refractivity contribution in [1.82, 2.24) is 5.16 Å². The second kappa shape index (κ2) is 7.31. The number of anilines is 2. The van der Waals surface area contributed by atoms with Crippen LogP contribution in [-0.2, 0) is 4.79 Å². The molecule has 1 aliphatic rings. The lowest BCUT2D eigenvalue weighted by Crippen LogP contribution is -2.47. The van der Waals surface area contributed by atoms with Gasteiger partial charge in [-0.3, -0.25) is 9.59 Å². The first-order chi connectivity index (χ1) is 13.6. The molecule has 2 atom stereocenters. The highest BCUT2D eigenvalue weighted by atomic mass is 16.5. The van der Waals surface area contributed by atoms with Crippen molar-refractivity contribution in [3.8, 4) is 0 Å². The van der Waals surface area contributed by atoms with Crippen LogP contribution in [0.25, 0.3) is 0 Å². The highest BCUT2D eigenvalue weighted by Crippen LogP contribution is 2.42. The fourth-order valence-corrected chi connectivity index (χ4v) is 3.95. The van der Waals surface area contributed by atoms with Gasteiger partial charge in [-0.1, -0.05) is 41.6 Å². The summed E-state index contributed by atoms with van der Waals surface area (Å²) in [4.78, 5) is 29.2. The Morgan fingerprint density at radius 1 is 1.07 bits per heavy atom. The van der Waals surface area contributed by atoms with Gasteiger partial charge < -0.3 is 14.3 Å². The number of aromatic nitrogens is 1. The van der Waals surface area contributed by atoms with E-state index in [-0.39, 0.29) is 29.7 Å². The van der Waals surface area contributed by atoms with Crippen LogP contribution in [0.5, 0.6) is 0 Å². The number of amides is 2. The molecule has 142 valence electrons. The first-order valence-corrected chi connectivity index (χ1v) is 9.26. The van der Waals surface area contributed by atoms with Gasteiger partial charge in [-0.25, -0.2) is 0 Å². The molecular weight excluding hydrogens is 354 g/mol. The van der Waals surface area contributed by atoms with Gasteiger partial charge in [-0.15, -0.1) is 0 Å². The van der Waals surface area contributed by atoms with Crippen LogP contribution >= 0.6 is 0 Å². The molecule has 0 radical (unpaired) electrons. The number of benzene rings is 2. The highest BCUT2D eigenvalue weighted by Gasteiger charge is 2.38. The maximum absolute atomic E-state index is 13.0. The Kier molecular flexibility index (Phi) is 4.69. The van der Waals surface area contributed by atoms with Gasteiger partial charge in [-0.2, -0.15) is 0 Å². The first-order valence-electron chi connectivity index (χ1n) is 9.26. The van der Waals surface area contributed by atoms with E-state index in [0.717, 1.165) is 16.9 Å². The topological polar surface area (TPSA) is 66.7 Å². The third-order valence-corrected chi connectivity index (χ3v) is 5.11. The predicted molar refractivity (Wildman–Crippen MR) is 106 cm³/mol. The number of rotatable bonds is 3. The van der Waals surface area contributed by atoms with Crippen LogP contribution in [-0.4, -0.2) is 23.0 Å². The summed E-state index contributed by atoms with van der Waals surface area (Å²) in [7, 11) is 0. The molecule has 2 heterocycles. The van der Waals surface area contributed by atoms with Gasteiger partial charge in [0.15, 0.2) is 0 Å². The summed E-state index contributed by atoms with van der Waals surface area (Å²) in [6.07, 6.45) is 2.08. The Morgan fingerprint density at radius 3 is 2.46 bits per heavy atom. The van der Waals surface area contributed by atoms with E-state index in [1.165, 1.54) is 6.20 Å². The van der Waals surface area contributed by atoms with Crippen molar-refractivity contribution in [3.63, 3.8) is 0 Å². The van der Waals surface area contributed by atoms with Crippen molar-refractivity contribution in [1.29, 1.82) is 0 Å². The van der Waals surface area contributed by atoms with Crippen molar-refractivity contribution >= 4 is 23.2 Å². The van der Waals surface area contributed by atoms with Gasteiger partial charge in [0.2, 0.25) is 11.7 Å². The van der Waals surface area contributed by atoms with Gasteiger partial charge in [0, 0.05) is 30.4 Å². The van der Waals surface area contributed by atoms with Crippen LogP contribution in [0, 0.1) is 0 Å². The Bertz CT molecular complexity index is 985. The largest absolute Gasteiger partial charge is 0.351 e. The number of fused-ring (bicyclic) bond motifs is 1. The molecule has 2 aromatic carbocycles. The summed E-state index contributed by atoms with van der Waals surface area (Å²) < 4.78 is 5.09. The van der Waals surface area contributed by atoms with Gasteiger partial charge in [0.25, 0.3) is 5.91 Å². The van der Waals surface area contributed by atoms with Crippen LogP contribution in [0.15, 0.2) is 71.4 Å². The Morgan fingerprint density at radius 2 is 1.79 bits per heavy atom. The van der Waals surface area contributed by atoms with E-state index < -0.39 is 0 Å². The Hall–Kier alpha value is -3.41. The molecule has 0 bridgehead atoms. The van der Waals surface area contributed by atoms with E-state index in [2.05, 4.69) is 5.16 Å². The lowest BCUT2D eigenvalue weighted by Gasteiger charge is -2.43. The minimum Gasteiger partial charge on any atom is -0.351 e. The molecule has 1 unspecified atom stereocenters. The molecule has 4 rings (SSSR count). The van der Waals surface area contributed by atoms with Gasteiger partial charge in [0.1, 0.15) is 0 Å². The summed E-state index contributed by atoms with van der Waals surface area (Å²) in [5.74, 6) is -0.0650. The van der Waals surface area contributed by atoms with Crippen LogP contribution in [0.1, 0.15) is 42.4 Å². The van der Waals surface area contributed by atoms with Crippen LogP contribution < -0.4 is 9.80 Å². The lowest BCUT2D eigenvalue weighted by molar-refractivity contribution is -0.117. The fourth-order valence-electron chi connectivity index (χ4n) is 3.95. The second-order valence-corrected chi connectivity index (χ2v) is 6.94. The summed E-state index contributed by atoms with van der Waals surface area (Å²) >= 11 is 0. The van der Waals surface area contributed by atoms with E-state index >= 15 is 0 Å². The summed E-state index contributed by atoms with van der Waals surface area (Å²) in [5.41, 5.74) is 2.57. The minimum absolute atomic E-state index is 0.0341. The van der Waals surface area contributed by atoms with E-state index in [0.29, 0.717) is 6.42 Å². The van der Waals surface area contributed by atoms with Crippen molar-refractivity contribution < 1.29 is 14.1 Å². The minimum atomic E-state index is -0.231. The molecule has 1 aliphatic heterocycles. The van der Waals surface area contributed by atoms with Gasteiger partial charge >= 0.3 is 0 Å². The molecule has 2 amide bonds. The van der Waals surface area contributed by atoms with Crippen molar-refractivity contribution in [3.05, 3.63) is 78.2 Å². The van der Waals surface area contributed by atoms with Gasteiger partial charge in [0.05, 0.1) is 12.2 Å². The number of carbonyl (C=O) groups is 2. The molecule has 1 aromatic heterocycles. The molecule has 3 aromatic rings. The average Bonchev–Trinajstić information content (AvgIpc) is 3.23. The number of hydrogen-bond donors (Lipinski definition) is 0. The van der Waals surface area contributed by atoms with Crippen molar-refractivity contribution in [2.24, 2.45) is 0 Å². The Labute approximate surface area is 163 Å². The zero-order chi connectivity index (χ0) is 19.7. The molecule has 0 saturated heterocycles. The van der Waals surface area contributed by atoms with E-state index in [4.69, 9.17) is 4.52 Å². The lowest BCUT2D eigenvalue weighted by atomic mass is 9.89. The zero-order valence-corrected chi connectivity index (χ0v) is 15.8. The third-order valence-electron chi connectivity index (χ3n) is 5.11. The molecule has 6 nitrogen and oxygen atoms in total. The number of para-hydroxylation sites is 2. The maximum Gasteiger partial charge on any atom is 0.297 e. The average molecular weight is 375 g/mol. The monoisotopic (exact) mass is 375 g/mol. The molecule has 0 N–H and O–H groups in total. The molecule has 0 fully saturated rings. The van der Waals surface area contributed by atoms with Crippen molar-refractivity contribution in [2.45, 2.75) is 32.4 Å². The van der Waals surface area contributed by atoms with Crippen LogP contribution in [0.3, 0.4) is 0 Å². The van der Waals surface area contributed by atoms with Crippen LogP contribution in [0.4, 0.5) is 11.4 Å². The van der Waals surface area contributed by atoms with E-state index in [1.807, 2.05) is 66.4 Å². The molecule has 6 heteroatoms. The molecule has 0 aliphatic carbocycles. The fraction of sp³-hybridized carbons (Fsp3) is 0.227. The SMILES string of the molecule is CC(=O)N(c1ccccc1)C1C[C@@H](C)N(C(=O)c2ccno2)c2ccccc21. The second-order valence-electron chi connectivity index (χ2n) is 6.94. The molecule has 0 spiro atoms. The van der Waals surface area contributed by atoms with Crippen LogP contribution in [0.2, 0.25) is 0 Å². The number of nitrogens with zero attached hydrogens (tertiary/aromatic N) is 3. The molecule has 0 saturated carbocycles. The zero-order valence-electron chi connectivity index (χ0n) is 15.8. The normalized spacial score (nSPS) is 18.4. The maximum atomic E-state index is 13.0. The predicted octanol–water partition coefficient (Wildman–Crippen LogP) is 4.21. The summed E-state index contributed by atoms with van der Waals surface area (Å²) in [6.45, 7) is 3.56. The van der Waals surface area contributed by atoms with Crippen molar-refractivity contribution in [2.75, 3.05) is 9.80 Å². The summed E-state index contributed by atoms with van der Waals surface area (Å²) in [6, 6.07) is 18.6. The third kappa shape index (κ3) is 3.07. The first kappa shape index (κ1) is 18.0. The van der Waals surface area contributed by atoms with E-state index in [1.54, 1.807) is 17.9 Å². The molecular formula is C22H21N3O3. The quantitative estimate of drug-likeness (QED) is 0.688.